The van der Waals surface area contributed by atoms with Crippen molar-refractivity contribution in [3.63, 3.8) is 0 Å². The Bertz CT molecular complexity index is 624. The van der Waals surface area contributed by atoms with Crippen LogP contribution in [0.3, 0.4) is 0 Å². The first-order valence-electron chi connectivity index (χ1n) is 9.15. The van der Waals surface area contributed by atoms with Gasteiger partial charge in [-0.2, -0.15) is 0 Å². The Morgan fingerprint density at radius 2 is 2.20 bits per heavy atom. The lowest BCUT2D eigenvalue weighted by Crippen LogP contribution is -2.48. The summed E-state index contributed by atoms with van der Waals surface area (Å²) in [6, 6.07) is 3.66. The van der Waals surface area contributed by atoms with E-state index in [0.717, 1.165) is 51.9 Å². The van der Waals surface area contributed by atoms with Crippen LogP contribution in [-0.4, -0.2) is 60.4 Å². The molecule has 25 heavy (non-hydrogen) atoms. The predicted molar refractivity (Wildman–Crippen MR) is 95.2 cm³/mol. The summed E-state index contributed by atoms with van der Waals surface area (Å²) in [5.74, 6) is 0.423. The zero-order chi connectivity index (χ0) is 17.6. The minimum Gasteiger partial charge on any atom is -0.459 e. The first-order valence-corrected chi connectivity index (χ1v) is 9.15. The zero-order valence-corrected chi connectivity index (χ0v) is 14.9. The van der Waals surface area contributed by atoms with Gasteiger partial charge in [-0.1, -0.05) is 6.08 Å². The van der Waals surface area contributed by atoms with E-state index in [-0.39, 0.29) is 17.9 Å². The molecule has 1 N–H and O–H groups in total. The molecule has 2 aliphatic rings. The molecule has 0 unspecified atom stereocenters. The molecule has 1 aromatic rings. The molecule has 0 aromatic carbocycles. The minimum atomic E-state index is -0.00836. The van der Waals surface area contributed by atoms with Crippen molar-refractivity contribution < 1.29 is 14.0 Å². The van der Waals surface area contributed by atoms with Gasteiger partial charge in [0.15, 0.2) is 5.76 Å². The Balaban J connectivity index is 1.64. The molecule has 6 heteroatoms. The van der Waals surface area contributed by atoms with Crippen molar-refractivity contribution in [2.24, 2.45) is 0 Å². The largest absolute Gasteiger partial charge is 0.459 e. The van der Waals surface area contributed by atoms with Gasteiger partial charge < -0.3 is 14.6 Å². The summed E-state index contributed by atoms with van der Waals surface area (Å²) in [5, 5.41) is 2.86. The predicted octanol–water partition coefficient (Wildman–Crippen LogP) is 2.04. The molecule has 0 spiro atoms. The number of piperidine rings is 1. The van der Waals surface area contributed by atoms with Gasteiger partial charge in [0.1, 0.15) is 0 Å². The maximum absolute atomic E-state index is 12.8. The number of amides is 2. The Morgan fingerprint density at radius 3 is 2.96 bits per heavy atom. The highest BCUT2D eigenvalue weighted by Gasteiger charge is 2.32. The molecule has 2 aliphatic heterocycles. The quantitative estimate of drug-likeness (QED) is 0.830. The number of likely N-dealkylation sites (tertiary alicyclic amines) is 1. The van der Waals surface area contributed by atoms with Crippen LogP contribution in [0.5, 0.6) is 0 Å². The topological polar surface area (TPSA) is 65.8 Å². The summed E-state index contributed by atoms with van der Waals surface area (Å²) >= 11 is 0. The Kier molecular flexibility index (Phi) is 5.91. The second kappa shape index (κ2) is 8.34. The van der Waals surface area contributed by atoms with Gasteiger partial charge in [-0.25, -0.2) is 0 Å². The van der Waals surface area contributed by atoms with Crippen LogP contribution in [0.4, 0.5) is 0 Å². The molecule has 1 aromatic heterocycles. The first kappa shape index (κ1) is 17.7. The number of hydrogen-bond acceptors (Lipinski definition) is 4. The molecule has 3 heterocycles. The Labute approximate surface area is 148 Å². The fourth-order valence-corrected chi connectivity index (χ4v) is 3.76. The molecule has 6 nitrogen and oxygen atoms in total. The van der Waals surface area contributed by atoms with Gasteiger partial charge in [-0.05, 0) is 43.4 Å². The third-order valence-electron chi connectivity index (χ3n) is 4.98. The van der Waals surface area contributed by atoms with Crippen LogP contribution in [0, 0.1) is 0 Å². The van der Waals surface area contributed by atoms with Gasteiger partial charge >= 0.3 is 0 Å². The van der Waals surface area contributed by atoms with Crippen molar-refractivity contribution in [1.29, 1.82) is 0 Å². The van der Waals surface area contributed by atoms with Crippen LogP contribution in [0.2, 0.25) is 0 Å². The number of carbonyl (C=O) groups excluding carboxylic acids is 2. The maximum Gasteiger partial charge on any atom is 0.290 e. The molecular weight excluding hydrogens is 318 g/mol. The lowest BCUT2D eigenvalue weighted by molar-refractivity contribution is -0.119. The highest BCUT2D eigenvalue weighted by molar-refractivity contribution is 5.92. The monoisotopic (exact) mass is 345 g/mol. The second-order valence-electron chi connectivity index (χ2n) is 6.81. The third-order valence-corrected chi connectivity index (χ3v) is 4.98. The third kappa shape index (κ3) is 4.51. The maximum atomic E-state index is 12.8. The highest BCUT2D eigenvalue weighted by Crippen LogP contribution is 2.27. The average Bonchev–Trinajstić information content (AvgIpc) is 3.16. The van der Waals surface area contributed by atoms with Gasteiger partial charge in [0.05, 0.1) is 12.3 Å². The highest BCUT2D eigenvalue weighted by atomic mass is 16.3. The van der Waals surface area contributed by atoms with E-state index >= 15 is 0 Å². The first-order chi connectivity index (χ1) is 12.1. The van der Waals surface area contributed by atoms with E-state index in [4.69, 9.17) is 4.42 Å². The molecule has 1 fully saturated rings. The number of nitrogens with zero attached hydrogens (tertiary/aromatic N) is 2. The van der Waals surface area contributed by atoms with Crippen LogP contribution in [0.1, 0.15) is 43.2 Å². The zero-order valence-electron chi connectivity index (χ0n) is 14.9. The van der Waals surface area contributed by atoms with E-state index in [0.29, 0.717) is 12.3 Å². The van der Waals surface area contributed by atoms with Crippen LogP contribution in [0.15, 0.2) is 34.5 Å². The van der Waals surface area contributed by atoms with Crippen LogP contribution < -0.4 is 5.32 Å². The summed E-state index contributed by atoms with van der Waals surface area (Å²) in [4.78, 5) is 28.2. The van der Waals surface area contributed by atoms with Gasteiger partial charge in [-0.15, -0.1) is 0 Å². The molecule has 1 saturated heterocycles. The lowest BCUT2D eigenvalue weighted by Gasteiger charge is -2.40. The molecule has 136 valence electrons. The van der Waals surface area contributed by atoms with Crippen molar-refractivity contribution in [2.75, 3.05) is 32.7 Å². The number of carbonyl (C=O) groups is 2. The van der Waals surface area contributed by atoms with Crippen molar-refractivity contribution >= 4 is 11.8 Å². The van der Waals surface area contributed by atoms with Crippen molar-refractivity contribution in [3.05, 3.63) is 35.8 Å². The SMILES string of the molecule is CC(=O)NCCN1CCC=C([C@@H]2CCCCN2C(=O)c2ccco2)C1. The standard InChI is InChI=1S/C19H27N3O3/c1-15(23)20-9-12-21-10-4-6-16(14-21)17-7-2-3-11-22(17)19(24)18-8-5-13-25-18/h5-6,8,13,17H,2-4,7,9-12,14H2,1H3,(H,20,23)/t17-/m0/s1. The van der Waals surface area contributed by atoms with Gasteiger partial charge in [0.2, 0.25) is 5.91 Å². The van der Waals surface area contributed by atoms with Crippen LogP contribution >= 0.6 is 0 Å². The van der Waals surface area contributed by atoms with Gasteiger partial charge in [0, 0.05) is 39.6 Å². The Morgan fingerprint density at radius 1 is 1.32 bits per heavy atom. The molecule has 0 aliphatic carbocycles. The number of nitrogens with one attached hydrogen (secondary N) is 1. The van der Waals surface area contributed by atoms with E-state index in [1.807, 2.05) is 4.90 Å². The normalized spacial score (nSPS) is 21.7. The number of hydrogen-bond donors (Lipinski definition) is 1. The summed E-state index contributed by atoms with van der Waals surface area (Å²) < 4.78 is 5.32. The molecule has 0 radical (unpaired) electrons. The molecule has 2 amide bonds. The second-order valence-corrected chi connectivity index (χ2v) is 6.81. The van der Waals surface area contributed by atoms with E-state index in [1.54, 1.807) is 25.3 Å². The summed E-state index contributed by atoms with van der Waals surface area (Å²) in [6.07, 6.45) is 8.05. The van der Waals surface area contributed by atoms with Crippen molar-refractivity contribution in [1.82, 2.24) is 15.1 Å². The molecule has 3 rings (SSSR count). The van der Waals surface area contributed by atoms with Crippen molar-refractivity contribution in [2.45, 2.75) is 38.6 Å². The fourth-order valence-electron chi connectivity index (χ4n) is 3.76. The fraction of sp³-hybridized carbons (Fsp3) is 0.579. The Hall–Kier alpha value is -2.08. The van der Waals surface area contributed by atoms with E-state index in [1.165, 1.54) is 5.57 Å². The van der Waals surface area contributed by atoms with Crippen LogP contribution in [0.25, 0.3) is 0 Å². The molecular formula is C19H27N3O3. The summed E-state index contributed by atoms with van der Waals surface area (Å²) in [6.45, 7) is 5.71. The van der Waals surface area contributed by atoms with Gasteiger partial charge in [-0.3, -0.25) is 14.5 Å². The van der Waals surface area contributed by atoms with Crippen molar-refractivity contribution in [3.8, 4) is 0 Å². The van der Waals surface area contributed by atoms with E-state index in [9.17, 15) is 9.59 Å². The molecule has 0 bridgehead atoms. The molecule has 0 saturated carbocycles. The lowest BCUT2D eigenvalue weighted by atomic mass is 9.92. The minimum absolute atomic E-state index is 0.00836. The summed E-state index contributed by atoms with van der Waals surface area (Å²) in [5.41, 5.74) is 1.33. The number of rotatable bonds is 5. The van der Waals surface area contributed by atoms with Crippen LogP contribution in [-0.2, 0) is 4.79 Å². The summed E-state index contributed by atoms with van der Waals surface area (Å²) in [7, 11) is 0. The van der Waals surface area contributed by atoms with Gasteiger partial charge in [0.25, 0.3) is 5.91 Å². The molecule has 1 atom stereocenters. The number of furan rings is 1. The van der Waals surface area contributed by atoms with E-state index < -0.39 is 0 Å². The average molecular weight is 345 g/mol. The van der Waals surface area contributed by atoms with E-state index in [2.05, 4.69) is 16.3 Å². The smallest absolute Gasteiger partial charge is 0.290 e.